The number of hydrogen-bond donors (Lipinski definition) is 1. The SMILES string of the molecule is Cc1ncc(CN2CCCC(C)C2C(=O)O)s1. The molecule has 1 fully saturated rings. The summed E-state index contributed by atoms with van der Waals surface area (Å²) in [6.07, 6.45) is 3.95. The summed E-state index contributed by atoms with van der Waals surface area (Å²) in [7, 11) is 0. The second-order valence-corrected chi connectivity index (χ2v) is 6.04. The summed E-state index contributed by atoms with van der Waals surface area (Å²) in [4.78, 5) is 18.8. The zero-order chi connectivity index (χ0) is 12.4. The third-order valence-electron chi connectivity index (χ3n) is 3.32. The number of thiazole rings is 1. The second-order valence-electron chi connectivity index (χ2n) is 4.72. The summed E-state index contributed by atoms with van der Waals surface area (Å²) in [5.41, 5.74) is 0. The van der Waals surface area contributed by atoms with E-state index in [4.69, 9.17) is 0 Å². The van der Waals surface area contributed by atoms with Crippen LogP contribution in [-0.4, -0.2) is 33.5 Å². The van der Waals surface area contributed by atoms with Crippen LogP contribution in [-0.2, 0) is 11.3 Å². The van der Waals surface area contributed by atoms with Gasteiger partial charge in [0.05, 0.1) is 5.01 Å². The summed E-state index contributed by atoms with van der Waals surface area (Å²) in [5.74, 6) is -0.464. The monoisotopic (exact) mass is 254 g/mol. The van der Waals surface area contributed by atoms with Crippen molar-refractivity contribution in [1.82, 2.24) is 9.88 Å². The Labute approximate surface area is 105 Å². The Morgan fingerprint density at radius 1 is 1.71 bits per heavy atom. The molecular formula is C12H18N2O2S. The zero-order valence-corrected chi connectivity index (χ0v) is 11.0. The molecule has 17 heavy (non-hydrogen) atoms. The lowest BCUT2D eigenvalue weighted by atomic mass is 9.91. The highest BCUT2D eigenvalue weighted by Crippen LogP contribution is 2.26. The molecule has 2 rings (SSSR count). The van der Waals surface area contributed by atoms with E-state index in [0.717, 1.165) is 29.3 Å². The highest BCUT2D eigenvalue weighted by molar-refractivity contribution is 7.11. The minimum atomic E-state index is -0.696. The number of nitrogens with zero attached hydrogens (tertiary/aromatic N) is 2. The maximum absolute atomic E-state index is 11.3. The Bertz CT molecular complexity index is 405. The highest BCUT2D eigenvalue weighted by atomic mass is 32.1. The average molecular weight is 254 g/mol. The molecule has 0 aliphatic carbocycles. The van der Waals surface area contributed by atoms with Gasteiger partial charge in [-0.15, -0.1) is 11.3 Å². The Morgan fingerprint density at radius 2 is 2.47 bits per heavy atom. The lowest BCUT2D eigenvalue weighted by Gasteiger charge is -2.36. The first-order valence-corrected chi connectivity index (χ1v) is 6.77. The number of carbonyl (C=O) groups is 1. The summed E-state index contributed by atoms with van der Waals surface area (Å²) < 4.78 is 0. The summed E-state index contributed by atoms with van der Waals surface area (Å²) >= 11 is 1.65. The molecular weight excluding hydrogens is 236 g/mol. The van der Waals surface area contributed by atoms with E-state index in [2.05, 4.69) is 9.88 Å². The first-order valence-electron chi connectivity index (χ1n) is 5.96. The lowest BCUT2D eigenvalue weighted by molar-refractivity contribution is -0.147. The van der Waals surface area contributed by atoms with E-state index in [0.29, 0.717) is 6.54 Å². The summed E-state index contributed by atoms with van der Waals surface area (Å²) in [5, 5.41) is 10.3. The molecule has 0 bridgehead atoms. The predicted molar refractivity (Wildman–Crippen MR) is 67.1 cm³/mol. The molecule has 0 radical (unpaired) electrons. The molecule has 5 heteroatoms. The predicted octanol–water partition coefficient (Wildman–Crippen LogP) is 2.14. The van der Waals surface area contributed by atoms with Gasteiger partial charge in [-0.1, -0.05) is 6.92 Å². The van der Waals surface area contributed by atoms with Crippen LogP contribution in [0, 0.1) is 12.8 Å². The van der Waals surface area contributed by atoms with Gasteiger partial charge >= 0.3 is 5.97 Å². The van der Waals surface area contributed by atoms with Crippen LogP contribution in [0.2, 0.25) is 0 Å². The standard InChI is InChI=1S/C12H18N2O2S/c1-8-4-3-5-14(11(8)12(15)16)7-10-6-13-9(2)17-10/h6,8,11H,3-5,7H2,1-2H3,(H,15,16). The fraction of sp³-hybridized carbons (Fsp3) is 0.667. The van der Waals surface area contributed by atoms with Crippen molar-refractivity contribution in [3.8, 4) is 0 Å². The van der Waals surface area contributed by atoms with Gasteiger partial charge in [0, 0.05) is 17.6 Å². The summed E-state index contributed by atoms with van der Waals surface area (Å²) in [6.45, 7) is 5.59. The van der Waals surface area contributed by atoms with E-state index < -0.39 is 5.97 Å². The Hall–Kier alpha value is -0.940. The number of piperidine rings is 1. The zero-order valence-electron chi connectivity index (χ0n) is 10.2. The quantitative estimate of drug-likeness (QED) is 0.898. The maximum atomic E-state index is 11.3. The molecule has 0 saturated carbocycles. The number of likely N-dealkylation sites (tertiary alicyclic amines) is 1. The molecule has 2 unspecified atom stereocenters. The number of carboxylic acid groups (broad SMARTS) is 1. The number of aryl methyl sites for hydroxylation is 1. The van der Waals surface area contributed by atoms with Crippen LogP contribution < -0.4 is 0 Å². The topological polar surface area (TPSA) is 53.4 Å². The van der Waals surface area contributed by atoms with Crippen molar-refractivity contribution in [2.75, 3.05) is 6.54 Å². The molecule has 0 amide bonds. The van der Waals surface area contributed by atoms with Gasteiger partial charge in [-0.3, -0.25) is 9.69 Å². The van der Waals surface area contributed by atoms with E-state index in [1.165, 1.54) is 0 Å². The normalized spacial score (nSPS) is 26.0. The van der Waals surface area contributed by atoms with E-state index in [1.807, 2.05) is 20.0 Å². The molecule has 1 aliphatic rings. The van der Waals surface area contributed by atoms with E-state index in [-0.39, 0.29) is 12.0 Å². The van der Waals surface area contributed by atoms with Crippen molar-refractivity contribution >= 4 is 17.3 Å². The van der Waals surface area contributed by atoms with Gasteiger partial charge < -0.3 is 5.11 Å². The first kappa shape index (κ1) is 12.5. The Balaban J connectivity index is 2.09. The van der Waals surface area contributed by atoms with Crippen LogP contribution in [0.1, 0.15) is 29.7 Å². The van der Waals surface area contributed by atoms with Crippen LogP contribution in [0.25, 0.3) is 0 Å². The minimum Gasteiger partial charge on any atom is -0.480 e. The molecule has 0 aromatic carbocycles. The number of aromatic nitrogens is 1. The van der Waals surface area contributed by atoms with Gasteiger partial charge in [-0.05, 0) is 32.2 Å². The minimum absolute atomic E-state index is 0.232. The van der Waals surface area contributed by atoms with E-state index >= 15 is 0 Å². The fourth-order valence-corrected chi connectivity index (χ4v) is 3.35. The van der Waals surface area contributed by atoms with Crippen LogP contribution in [0.15, 0.2) is 6.20 Å². The van der Waals surface area contributed by atoms with Gasteiger partial charge in [0.1, 0.15) is 6.04 Å². The van der Waals surface area contributed by atoms with Gasteiger partial charge in [-0.2, -0.15) is 0 Å². The van der Waals surface area contributed by atoms with Gasteiger partial charge in [0.25, 0.3) is 0 Å². The lowest BCUT2D eigenvalue weighted by Crippen LogP contribution is -2.48. The van der Waals surface area contributed by atoms with Gasteiger partial charge in [0.15, 0.2) is 0 Å². The third-order valence-corrected chi connectivity index (χ3v) is 4.22. The third kappa shape index (κ3) is 2.84. The molecule has 0 spiro atoms. The van der Waals surface area contributed by atoms with Crippen LogP contribution in [0.4, 0.5) is 0 Å². The number of carboxylic acids is 1. The van der Waals surface area contributed by atoms with E-state index in [9.17, 15) is 9.90 Å². The fourth-order valence-electron chi connectivity index (χ4n) is 2.53. The number of aliphatic carboxylic acids is 1. The maximum Gasteiger partial charge on any atom is 0.321 e. The first-order chi connectivity index (χ1) is 8.08. The van der Waals surface area contributed by atoms with Crippen LogP contribution in [0.3, 0.4) is 0 Å². The van der Waals surface area contributed by atoms with E-state index in [1.54, 1.807) is 11.3 Å². The van der Waals surface area contributed by atoms with Crippen LogP contribution in [0.5, 0.6) is 0 Å². The second kappa shape index (κ2) is 5.14. The van der Waals surface area contributed by atoms with Crippen molar-refractivity contribution in [1.29, 1.82) is 0 Å². The molecule has 4 nitrogen and oxygen atoms in total. The molecule has 2 heterocycles. The highest BCUT2D eigenvalue weighted by Gasteiger charge is 2.34. The molecule has 1 aromatic rings. The molecule has 1 saturated heterocycles. The molecule has 2 atom stereocenters. The molecule has 94 valence electrons. The molecule has 1 aromatic heterocycles. The summed E-state index contributed by atoms with van der Waals surface area (Å²) in [6, 6.07) is -0.342. The van der Waals surface area contributed by atoms with Crippen molar-refractivity contribution < 1.29 is 9.90 Å². The van der Waals surface area contributed by atoms with Crippen LogP contribution >= 0.6 is 11.3 Å². The Morgan fingerprint density at radius 3 is 3.06 bits per heavy atom. The van der Waals surface area contributed by atoms with Crippen molar-refractivity contribution in [3.05, 3.63) is 16.1 Å². The van der Waals surface area contributed by atoms with Crippen molar-refractivity contribution in [2.45, 2.75) is 39.3 Å². The average Bonchev–Trinajstić information content (AvgIpc) is 2.63. The smallest absolute Gasteiger partial charge is 0.321 e. The largest absolute Gasteiger partial charge is 0.480 e. The molecule has 1 aliphatic heterocycles. The van der Waals surface area contributed by atoms with Gasteiger partial charge in [0.2, 0.25) is 0 Å². The van der Waals surface area contributed by atoms with Crippen molar-refractivity contribution in [3.63, 3.8) is 0 Å². The Kier molecular flexibility index (Phi) is 3.79. The number of hydrogen-bond acceptors (Lipinski definition) is 4. The van der Waals surface area contributed by atoms with Gasteiger partial charge in [-0.25, -0.2) is 4.98 Å². The van der Waals surface area contributed by atoms with Crippen molar-refractivity contribution in [2.24, 2.45) is 5.92 Å². The molecule has 1 N–H and O–H groups in total. The number of rotatable bonds is 3.